The second-order valence-electron chi connectivity index (χ2n) is 5.12. The third-order valence-corrected chi connectivity index (χ3v) is 3.34. The van der Waals surface area contributed by atoms with E-state index < -0.39 is 5.60 Å². The maximum atomic E-state index is 10.2. The lowest BCUT2D eigenvalue weighted by atomic mass is 10.0. The van der Waals surface area contributed by atoms with Gasteiger partial charge in [-0.25, -0.2) is 0 Å². The monoisotopic (exact) mass is 235 g/mol. The quantitative estimate of drug-likeness (QED) is 0.844. The van der Waals surface area contributed by atoms with E-state index in [1.54, 1.807) is 7.11 Å². The van der Waals surface area contributed by atoms with Crippen LogP contribution in [0.1, 0.15) is 24.0 Å². The molecule has 1 N–H and O–H groups in total. The molecule has 0 saturated heterocycles. The van der Waals surface area contributed by atoms with Gasteiger partial charge in [0.1, 0.15) is 5.75 Å². The first kappa shape index (κ1) is 12.4. The zero-order valence-electron chi connectivity index (χ0n) is 10.9. The summed E-state index contributed by atoms with van der Waals surface area (Å²) in [6.07, 6.45) is 2.70. The van der Waals surface area contributed by atoms with Gasteiger partial charge in [-0.15, -0.1) is 0 Å². The van der Waals surface area contributed by atoms with Gasteiger partial charge in [0.05, 0.1) is 12.7 Å². The largest absolute Gasteiger partial charge is 0.496 e. The summed E-state index contributed by atoms with van der Waals surface area (Å²) < 4.78 is 5.32. The number of aliphatic hydroxyl groups is 1. The summed E-state index contributed by atoms with van der Waals surface area (Å²) in [4.78, 5) is 2.16. The number of hydrogen-bond donors (Lipinski definition) is 1. The van der Waals surface area contributed by atoms with Crippen LogP contribution in [0, 0.1) is 0 Å². The summed E-state index contributed by atoms with van der Waals surface area (Å²) >= 11 is 0. The average Bonchev–Trinajstić information content (AvgIpc) is 3.05. The minimum atomic E-state index is -0.626. The van der Waals surface area contributed by atoms with E-state index in [0.717, 1.165) is 37.1 Å². The van der Waals surface area contributed by atoms with E-state index in [9.17, 15) is 5.11 Å². The van der Waals surface area contributed by atoms with Gasteiger partial charge in [-0.05, 0) is 51.1 Å². The maximum Gasteiger partial charge on any atom is 0.124 e. The molecule has 1 saturated carbocycles. The number of benzene rings is 1. The minimum Gasteiger partial charge on any atom is -0.496 e. The normalized spacial score (nSPS) is 17.2. The molecule has 0 aliphatic heterocycles. The Bertz CT molecular complexity index is 397. The van der Waals surface area contributed by atoms with Crippen LogP contribution in [0.2, 0.25) is 0 Å². The maximum absolute atomic E-state index is 10.2. The molecular weight excluding hydrogens is 214 g/mol. The molecule has 1 fully saturated rings. The van der Waals surface area contributed by atoms with Crippen LogP contribution in [0.15, 0.2) is 18.2 Å². The summed E-state index contributed by atoms with van der Waals surface area (Å²) in [7, 11) is 5.79. The van der Waals surface area contributed by atoms with Crippen LogP contribution in [0.5, 0.6) is 5.75 Å². The fraction of sp³-hybridized carbons (Fsp3) is 0.571. The van der Waals surface area contributed by atoms with E-state index in [1.165, 1.54) is 5.56 Å². The van der Waals surface area contributed by atoms with Crippen molar-refractivity contribution in [3.05, 3.63) is 29.3 Å². The van der Waals surface area contributed by atoms with Crippen molar-refractivity contribution < 1.29 is 9.84 Å². The summed E-state index contributed by atoms with van der Waals surface area (Å²) in [5, 5.41) is 10.2. The van der Waals surface area contributed by atoms with Gasteiger partial charge in [-0.1, -0.05) is 6.07 Å². The lowest BCUT2D eigenvalue weighted by molar-refractivity contribution is 0.147. The minimum absolute atomic E-state index is 0.626. The zero-order valence-corrected chi connectivity index (χ0v) is 10.9. The Hall–Kier alpha value is -1.06. The molecule has 94 valence electrons. The van der Waals surface area contributed by atoms with Crippen LogP contribution in [0.4, 0.5) is 0 Å². The third kappa shape index (κ3) is 2.79. The standard InChI is InChI=1S/C14H21NO2/c1-15(2)9-6-11-4-5-13(17-3)12(10-11)14(16)7-8-14/h4-5,10,16H,6-9H2,1-3H3. The van der Waals surface area contributed by atoms with Gasteiger partial charge in [-0.2, -0.15) is 0 Å². The molecule has 0 atom stereocenters. The van der Waals surface area contributed by atoms with E-state index in [-0.39, 0.29) is 0 Å². The van der Waals surface area contributed by atoms with Crippen molar-refractivity contribution in [2.45, 2.75) is 24.9 Å². The van der Waals surface area contributed by atoms with Gasteiger partial charge in [0.15, 0.2) is 0 Å². The van der Waals surface area contributed by atoms with E-state index in [1.807, 2.05) is 6.07 Å². The predicted octanol–water partition coefficient (Wildman–Crippen LogP) is 1.78. The predicted molar refractivity (Wildman–Crippen MR) is 68.4 cm³/mol. The highest BCUT2D eigenvalue weighted by Gasteiger charge is 2.44. The van der Waals surface area contributed by atoms with Gasteiger partial charge in [0.2, 0.25) is 0 Å². The lowest BCUT2D eigenvalue weighted by Crippen LogP contribution is -2.15. The van der Waals surface area contributed by atoms with Crippen molar-refractivity contribution in [1.29, 1.82) is 0 Å². The molecule has 3 nitrogen and oxygen atoms in total. The number of hydrogen-bond acceptors (Lipinski definition) is 3. The summed E-state index contributed by atoms with van der Waals surface area (Å²) in [5.74, 6) is 0.804. The van der Waals surface area contributed by atoms with Crippen molar-refractivity contribution in [1.82, 2.24) is 4.90 Å². The Labute approximate surface area is 103 Å². The Balaban J connectivity index is 2.20. The molecule has 1 aromatic rings. The smallest absolute Gasteiger partial charge is 0.124 e. The molecule has 0 bridgehead atoms. The van der Waals surface area contributed by atoms with Crippen LogP contribution in [-0.4, -0.2) is 37.8 Å². The van der Waals surface area contributed by atoms with Crippen LogP contribution >= 0.6 is 0 Å². The van der Waals surface area contributed by atoms with Crippen LogP contribution in [-0.2, 0) is 12.0 Å². The Kier molecular flexibility index (Phi) is 3.40. The fourth-order valence-electron chi connectivity index (χ4n) is 2.01. The van der Waals surface area contributed by atoms with Crippen LogP contribution < -0.4 is 4.74 Å². The lowest BCUT2D eigenvalue weighted by Gasteiger charge is -2.16. The molecule has 0 radical (unpaired) electrons. The molecule has 3 heteroatoms. The number of likely N-dealkylation sites (N-methyl/N-ethyl adjacent to an activating group) is 1. The number of methoxy groups -OCH3 is 1. The van der Waals surface area contributed by atoms with Gasteiger partial charge < -0.3 is 14.7 Å². The molecular formula is C14H21NO2. The highest BCUT2D eigenvalue weighted by atomic mass is 16.5. The van der Waals surface area contributed by atoms with Gasteiger partial charge in [-0.3, -0.25) is 0 Å². The number of rotatable bonds is 5. The summed E-state index contributed by atoms with van der Waals surface area (Å²) in [6, 6.07) is 6.14. The molecule has 0 spiro atoms. The highest BCUT2D eigenvalue weighted by Crippen LogP contribution is 2.48. The van der Waals surface area contributed by atoms with E-state index in [0.29, 0.717) is 0 Å². The molecule has 1 aromatic carbocycles. The van der Waals surface area contributed by atoms with Crippen LogP contribution in [0.25, 0.3) is 0 Å². The molecule has 1 aliphatic carbocycles. The second kappa shape index (κ2) is 4.67. The van der Waals surface area contributed by atoms with E-state index in [4.69, 9.17) is 4.74 Å². The summed E-state index contributed by atoms with van der Waals surface area (Å²) in [6.45, 7) is 1.02. The SMILES string of the molecule is COc1ccc(CCN(C)C)cc1C1(O)CC1. The van der Waals surface area contributed by atoms with Gasteiger partial charge in [0.25, 0.3) is 0 Å². The van der Waals surface area contributed by atoms with Crippen molar-refractivity contribution in [3.8, 4) is 5.75 Å². The average molecular weight is 235 g/mol. The van der Waals surface area contributed by atoms with Crippen molar-refractivity contribution >= 4 is 0 Å². The first-order valence-electron chi connectivity index (χ1n) is 6.10. The van der Waals surface area contributed by atoms with Crippen molar-refractivity contribution in [2.24, 2.45) is 0 Å². The van der Waals surface area contributed by atoms with E-state index in [2.05, 4.69) is 31.1 Å². The molecule has 1 aliphatic rings. The summed E-state index contributed by atoms with van der Waals surface area (Å²) in [5.41, 5.74) is 1.59. The third-order valence-electron chi connectivity index (χ3n) is 3.34. The highest BCUT2D eigenvalue weighted by molar-refractivity contribution is 5.43. The number of ether oxygens (including phenoxy) is 1. The Morgan fingerprint density at radius 3 is 2.59 bits per heavy atom. The molecule has 0 aromatic heterocycles. The van der Waals surface area contributed by atoms with Gasteiger partial charge >= 0.3 is 0 Å². The second-order valence-corrected chi connectivity index (χ2v) is 5.12. The molecule has 2 rings (SSSR count). The molecule has 0 unspecified atom stereocenters. The molecule has 0 heterocycles. The van der Waals surface area contributed by atoms with Gasteiger partial charge in [0, 0.05) is 12.1 Å². The molecule has 17 heavy (non-hydrogen) atoms. The van der Waals surface area contributed by atoms with Crippen LogP contribution in [0.3, 0.4) is 0 Å². The Morgan fingerprint density at radius 1 is 1.35 bits per heavy atom. The van der Waals surface area contributed by atoms with Crippen molar-refractivity contribution in [2.75, 3.05) is 27.7 Å². The van der Waals surface area contributed by atoms with Crippen molar-refractivity contribution in [3.63, 3.8) is 0 Å². The Morgan fingerprint density at radius 2 is 2.06 bits per heavy atom. The number of nitrogens with zero attached hydrogens (tertiary/aromatic N) is 1. The first-order chi connectivity index (χ1) is 8.05. The first-order valence-corrected chi connectivity index (χ1v) is 6.10. The van der Waals surface area contributed by atoms with E-state index >= 15 is 0 Å². The zero-order chi connectivity index (χ0) is 12.5. The molecule has 0 amide bonds. The topological polar surface area (TPSA) is 32.7 Å². The fourth-order valence-corrected chi connectivity index (χ4v) is 2.01.